The van der Waals surface area contributed by atoms with E-state index >= 15 is 0 Å². The molecule has 0 N–H and O–H groups in total. The van der Waals surface area contributed by atoms with Crippen molar-refractivity contribution in [2.75, 3.05) is 7.11 Å². The second kappa shape index (κ2) is 4.26. The second-order valence-electron chi connectivity index (χ2n) is 3.87. The molecule has 0 atom stereocenters. The highest BCUT2D eigenvalue weighted by Crippen LogP contribution is 2.22. The van der Waals surface area contributed by atoms with Gasteiger partial charge in [-0.05, 0) is 25.0 Å². The first-order valence-corrected chi connectivity index (χ1v) is 4.60. The van der Waals surface area contributed by atoms with Crippen LogP contribution in [-0.2, 0) is 16.8 Å². The molecule has 0 fully saturated rings. The van der Waals surface area contributed by atoms with Gasteiger partial charge in [-0.2, -0.15) is 5.26 Å². The van der Waals surface area contributed by atoms with Crippen LogP contribution in [0, 0.1) is 11.3 Å². The fourth-order valence-electron chi connectivity index (χ4n) is 1.25. The Morgan fingerprint density at radius 3 is 2.29 bits per heavy atom. The Hall–Kier alpha value is -1.33. The lowest BCUT2D eigenvalue weighted by molar-refractivity contribution is 0.185. The number of nitrogens with zero attached hydrogens (tertiary/aromatic N) is 1. The molecule has 14 heavy (non-hydrogen) atoms. The minimum absolute atomic E-state index is 0.411. The van der Waals surface area contributed by atoms with Gasteiger partial charge in [0.2, 0.25) is 0 Å². The molecule has 2 nitrogen and oxygen atoms in total. The molecule has 0 spiro atoms. The molecule has 0 amide bonds. The lowest BCUT2D eigenvalue weighted by Crippen LogP contribution is -2.13. The van der Waals surface area contributed by atoms with Gasteiger partial charge in [-0.1, -0.05) is 24.3 Å². The Kier molecular flexibility index (Phi) is 3.27. The van der Waals surface area contributed by atoms with Crippen molar-refractivity contribution in [2.45, 2.75) is 25.9 Å². The van der Waals surface area contributed by atoms with Crippen molar-refractivity contribution in [3.63, 3.8) is 0 Å². The van der Waals surface area contributed by atoms with Gasteiger partial charge in [0.25, 0.3) is 0 Å². The number of nitriles is 1. The summed E-state index contributed by atoms with van der Waals surface area (Å²) < 4.78 is 5.01. The van der Waals surface area contributed by atoms with Gasteiger partial charge in [-0.25, -0.2) is 0 Å². The summed E-state index contributed by atoms with van der Waals surface area (Å²) in [7, 11) is 1.67. The van der Waals surface area contributed by atoms with Gasteiger partial charge in [0.1, 0.15) is 0 Å². The van der Waals surface area contributed by atoms with Crippen molar-refractivity contribution < 1.29 is 4.74 Å². The van der Waals surface area contributed by atoms with Crippen LogP contribution in [-0.4, -0.2) is 7.11 Å². The standard InChI is InChI=1S/C12H15NO/c1-12(2,9-13)11-6-4-10(5-7-11)8-14-3/h4-7H,8H2,1-3H3. The van der Waals surface area contributed by atoms with Crippen LogP contribution in [0.2, 0.25) is 0 Å². The molecule has 0 aromatic heterocycles. The molecule has 0 bridgehead atoms. The number of hydrogen-bond donors (Lipinski definition) is 0. The van der Waals surface area contributed by atoms with E-state index in [-0.39, 0.29) is 0 Å². The third-order valence-electron chi connectivity index (χ3n) is 2.27. The lowest BCUT2D eigenvalue weighted by atomic mass is 9.86. The molecule has 1 rings (SSSR count). The zero-order valence-electron chi connectivity index (χ0n) is 8.87. The summed E-state index contributed by atoms with van der Waals surface area (Å²) in [6.07, 6.45) is 0. The molecule has 0 unspecified atom stereocenters. The van der Waals surface area contributed by atoms with Crippen LogP contribution < -0.4 is 0 Å². The normalized spacial score (nSPS) is 11.0. The molecule has 0 saturated carbocycles. The third kappa shape index (κ3) is 2.34. The predicted octanol–water partition coefficient (Wildman–Crippen LogP) is 2.63. The molecule has 0 heterocycles. The molecule has 74 valence electrons. The highest BCUT2D eigenvalue weighted by molar-refractivity contribution is 5.32. The number of hydrogen-bond acceptors (Lipinski definition) is 2. The van der Waals surface area contributed by atoms with Crippen LogP contribution in [0.1, 0.15) is 25.0 Å². The minimum Gasteiger partial charge on any atom is -0.380 e. The Labute approximate surface area is 85.1 Å². The first kappa shape index (κ1) is 10.7. The Balaban J connectivity index is 2.90. The number of benzene rings is 1. The van der Waals surface area contributed by atoms with Gasteiger partial charge in [-0.15, -0.1) is 0 Å². The molecule has 0 radical (unpaired) electrons. The van der Waals surface area contributed by atoms with E-state index < -0.39 is 5.41 Å². The van der Waals surface area contributed by atoms with E-state index in [0.717, 1.165) is 11.1 Å². The second-order valence-corrected chi connectivity index (χ2v) is 3.87. The molecule has 1 aromatic rings. The van der Waals surface area contributed by atoms with Gasteiger partial charge in [0.15, 0.2) is 0 Å². The number of rotatable bonds is 3. The van der Waals surface area contributed by atoms with Crippen molar-refractivity contribution in [2.24, 2.45) is 0 Å². The predicted molar refractivity (Wildman–Crippen MR) is 55.8 cm³/mol. The van der Waals surface area contributed by atoms with Gasteiger partial charge in [0, 0.05) is 7.11 Å². The maximum atomic E-state index is 8.95. The topological polar surface area (TPSA) is 33.0 Å². The summed E-state index contributed by atoms with van der Waals surface area (Å²) in [5, 5.41) is 8.95. The van der Waals surface area contributed by atoms with Crippen LogP contribution in [0.4, 0.5) is 0 Å². The minimum atomic E-state index is -0.411. The SMILES string of the molecule is COCc1ccc(C(C)(C)C#N)cc1. The summed E-state index contributed by atoms with van der Waals surface area (Å²) in [5.41, 5.74) is 1.76. The molecule has 1 aromatic carbocycles. The van der Waals surface area contributed by atoms with E-state index in [1.807, 2.05) is 38.1 Å². The van der Waals surface area contributed by atoms with Crippen LogP contribution >= 0.6 is 0 Å². The maximum absolute atomic E-state index is 8.95. The number of ether oxygens (including phenoxy) is 1. The average Bonchev–Trinajstić information content (AvgIpc) is 2.19. The van der Waals surface area contributed by atoms with Crippen molar-refractivity contribution in [1.82, 2.24) is 0 Å². The largest absolute Gasteiger partial charge is 0.380 e. The highest BCUT2D eigenvalue weighted by Gasteiger charge is 2.18. The van der Waals surface area contributed by atoms with Crippen molar-refractivity contribution in [3.8, 4) is 6.07 Å². The van der Waals surface area contributed by atoms with Gasteiger partial charge in [-0.3, -0.25) is 0 Å². The maximum Gasteiger partial charge on any atom is 0.0766 e. The zero-order valence-corrected chi connectivity index (χ0v) is 8.87. The highest BCUT2D eigenvalue weighted by atomic mass is 16.5. The molecular weight excluding hydrogens is 174 g/mol. The van der Waals surface area contributed by atoms with Gasteiger partial charge in [0.05, 0.1) is 18.1 Å². The van der Waals surface area contributed by atoms with Gasteiger partial charge >= 0.3 is 0 Å². The Bertz CT molecular complexity index is 332. The average molecular weight is 189 g/mol. The Morgan fingerprint density at radius 2 is 1.86 bits per heavy atom. The lowest BCUT2D eigenvalue weighted by Gasteiger charge is -2.15. The van der Waals surface area contributed by atoms with E-state index in [2.05, 4.69) is 6.07 Å². The fraction of sp³-hybridized carbons (Fsp3) is 0.417. The monoisotopic (exact) mass is 189 g/mol. The van der Waals surface area contributed by atoms with Crippen molar-refractivity contribution >= 4 is 0 Å². The van der Waals surface area contributed by atoms with Crippen molar-refractivity contribution in [1.29, 1.82) is 5.26 Å². The van der Waals surface area contributed by atoms with E-state index in [1.165, 1.54) is 0 Å². The molecule has 2 heteroatoms. The summed E-state index contributed by atoms with van der Waals surface area (Å²) in [6.45, 7) is 4.45. The van der Waals surface area contributed by atoms with Gasteiger partial charge < -0.3 is 4.74 Å². The van der Waals surface area contributed by atoms with Crippen LogP contribution in [0.5, 0.6) is 0 Å². The van der Waals surface area contributed by atoms with E-state index in [0.29, 0.717) is 6.61 Å². The summed E-state index contributed by atoms with van der Waals surface area (Å²) in [6, 6.07) is 10.2. The number of methoxy groups -OCH3 is 1. The molecule has 0 aliphatic heterocycles. The first-order chi connectivity index (χ1) is 6.60. The fourth-order valence-corrected chi connectivity index (χ4v) is 1.25. The first-order valence-electron chi connectivity index (χ1n) is 4.60. The van der Waals surface area contributed by atoms with Crippen molar-refractivity contribution in [3.05, 3.63) is 35.4 Å². The summed E-state index contributed by atoms with van der Waals surface area (Å²) >= 11 is 0. The van der Waals surface area contributed by atoms with E-state index in [9.17, 15) is 0 Å². The molecule has 0 saturated heterocycles. The van der Waals surface area contributed by atoms with Crippen LogP contribution in [0.15, 0.2) is 24.3 Å². The third-order valence-corrected chi connectivity index (χ3v) is 2.27. The smallest absolute Gasteiger partial charge is 0.0766 e. The molecule has 0 aliphatic carbocycles. The van der Waals surface area contributed by atoms with E-state index in [1.54, 1.807) is 7.11 Å². The van der Waals surface area contributed by atoms with Crippen LogP contribution in [0.3, 0.4) is 0 Å². The quantitative estimate of drug-likeness (QED) is 0.732. The van der Waals surface area contributed by atoms with E-state index in [4.69, 9.17) is 10.00 Å². The summed E-state index contributed by atoms with van der Waals surface area (Å²) in [4.78, 5) is 0. The van der Waals surface area contributed by atoms with Crippen LogP contribution in [0.25, 0.3) is 0 Å². The Morgan fingerprint density at radius 1 is 1.29 bits per heavy atom. The molecular formula is C12H15NO. The zero-order chi connectivity index (χ0) is 10.6. The molecule has 0 aliphatic rings. The summed E-state index contributed by atoms with van der Waals surface area (Å²) in [5.74, 6) is 0.